The SMILES string of the molecule is COC(=O)C1=COC(=O)[C@H]2[C@@H]1[C@H](OC(=O)c1c(Br)cc(Br)cc1Br)C(=O)[C@]2(C)O. The van der Waals surface area contributed by atoms with Crippen LogP contribution in [0.5, 0.6) is 0 Å². The van der Waals surface area contributed by atoms with Crippen molar-refractivity contribution >= 4 is 71.5 Å². The van der Waals surface area contributed by atoms with Crippen LogP contribution in [0.2, 0.25) is 0 Å². The minimum Gasteiger partial charge on any atom is -0.466 e. The Labute approximate surface area is 189 Å². The zero-order valence-electron chi connectivity index (χ0n) is 14.9. The topological polar surface area (TPSA) is 116 Å². The highest BCUT2D eigenvalue weighted by Crippen LogP contribution is 2.46. The number of esters is 3. The maximum atomic E-state index is 12.8. The molecule has 4 atom stereocenters. The van der Waals surface area contributed by atoms with Crippen LogP contribution in [-0.4, -0.2) is 47.6 Å². The van der Waals surface area contributed by atoms with Crippen molar-refractivity contribution in [1.29, 1.82) is 0 Å². The Kier molecular flexibility index (Phi) is 6.06. The van der Waals surface area contributed by atoms with Gasteiger partial charge in [0, 0.05) is 13.4 Å². The molecule has 1 aromatic rings. The lowest BCUT2D eigenvalue weighted by molar-refractivity contribution is -0.158. The van der Waals surface area contributed by atoms with Gasteiger partial charge >= 0.3 is 17.9 Å². The van der Waals surface area contributed by atoms with Gasteiger partial charge in [0.2, 0.25) is 5.78 Å². The van der Waals surface area contributed by atoms with Crippen LogP contribution in [0.3, 0.4) is 0 Å². The molecule has 1 saturated carbocycles. The van der Waals surface area contributed by atoms with E-state index in [4.69, 9.17) is 9.47 Å². The Morgan fingerprint density at radius 2 is 1.72 bits per heavy atom. The van der Waals surface area contributed by atoms with Crippen LogP contribution in [0.25, 0.3) is 0 Å². The highest BCUT2D eigenvalue weighted by Gasteiger charge is 2.65. The van der Waals surface area contributed by atoms with Crippen molar-refractivity contribution in [3.05, 3.63) is 42.9 Å². The number of hydrogen-bond acceptors (Lipinski definition) is 8. The Hall–Kier alpha value is -1.56. The van der Waals surface area contributed by atoms with Gasteiger partial charge in [-0.3, -0.25) is 9.59 Å². The molecule has 1 N–H and O–H groups in total. The van der Waals surface area contributed by atoms with E-state index in [1.807, 2.05) is 0 Å². The minimum atomic E-state index is -2.20. The number of fused-ring (bicyclic) bond motifs is 1. The minimum absolute atomic E-state index is 0.0890. The number of ketones is 1. The van der Waals surface area contributed by atoms with Gasteiger partial charge in [0.15, 0.2) is 6.10 Å². The third-order valence-corrected chi connectivity index (χ3v) is 6.54. The van der Waals surface area contributed by atoms with E-state index in [9.17, 15) is 24.3 Å². The molecule has 1 heterocycles. The van der Waals surface area contributed by atoms with Gasteiger partial charge in [-0.15, -0.1) is 0 Å². The maximum Gasteiger partial charge on any atom is 0.341 e. The van der Waals surface area contributed by atoms with Gasteiger partial charge < -0.3 is 19.3 Å². The third kappa shape index (κ3) is 3.69. The number of carbonyl (C=O) groups is 4. The van der Waals surface area contributed by atoms with Crippen molar-refractivity contribution < 1.29 is 38.5 Å². The lowest BCUT2D eigenvalue weighted by atomic mass is 9.81. The molecule has 0 unspecified atom stereocenters. The summed E-state index contributed by atoms with van der Waals surface area (Å²) in [6, 6.07) is 3.21. The molecule has 1 fully saturated rings. The molecule has 0 radical (unpaired) electrons. The van der Waals surface area contributed by atoms with E-state index < -0.39 is 47.2 Å². The highest BCUT2D eigenvalue weighted by molar-refractivity contribution is 9.11. The quantitative estimate of drug-likeness (QED) is 0.418. The average Bonchev–Trinajstić information content (AvgIpc) is 2.82. The van der Waals surface area contributed by atoms with Gasteiger partial charge in [-0.2, -0.15) is 0 Å². The molecule has 0 saturated heterocycles. The second-order valence-electron chi connectivity index (χ2n) is 6.59. The molecule has 1 aromatic carbocycles. The van der Waals surface area contributed by atoms with Gasteiger partial charge in [0.1, 0.15) is 17.8 Å². The summed E-state index contributed by atoms with van der Waals surface area (Å²) in [6.45, 7) is 1.12. The van der Waals surface area contributed by atoms with Crippen molar-refractivity contribution in [2.75, 3.05) is 7.11 Å². The van der Waals surface area contributed by atoms with E-state index in [1.54, 1.807) is 12.1 Å². The Morgan fingerprint density at radius 1 is 1.14 bits per heavy atom. The number of halogens is 3. The molecule has 1 aliphatic carbocycles. The molecule has 11 heteroatoms. The summed E-state index contributed by atoms with van der Waals surface area (Å²) in [6.07, 6.45) is -0.737. The van der Waals surface area contributed by atoms with E-state index in [0.717, 1.165) is 20.3 Å². The molecular formula is C18H13Br3O8. The summed E-state index contributed by atoms with van der Waals surface area (Å²) in [5, 5.41) is 10.7. The van der Waals surface area contributed by atoms with Crippen molar-refractivity contribution in [3.8, 4) is 0 Å². The number of rotatable bonds is 3. The number of hydrogen-bond donors (Lipinski definition) is 1. The van der Waals surface area contributed by atoms with Crippen LogP contribution in [0.4, 0.5) is 0 Å². The second kappa shape index (κ2) is 7.93. The Morgan fingerprint density at radius 3 is 2.28 bits per heavy atom. The molecule has 29 heavy (non-hydrogen) atoms. The summed E-state index contributed by atoms with van der Waals surface area (Å²) in [7, 11) is 1.11. The Bertz CT molecular complexity index is 945. The van der Waals surface area contributed by atoms with E-state index in [0.29, 0.717) is 13.4 Å². The van der Waals surface area contributed by atoms with Crippen LogP contribution in [0.15, 0.2) is 37.4 Å². The zero-order valence-corrected chi connectivity index (χ0v) is 19.7. The lowest BCUT2D eigenvalue weighted by Crippen LogP contribution is -2.44. The first-order valence-electron chi connectivity index (χ1n) is 8.11. The van der Waals surface area contributed by atoms with Crippen LogP contribution < -0.4 is 0 Å². The van der Waals surface area contributed by atoms with Crippen LogP contribution in [0.1, 0.15) is 17.3 Å². The number of cyclic esters (lactones) is 1. The monoisotopic (exact) mass is 594 g/mol. The number of ether oxygens (including phenoxy) is 3. The molecule has 0 amide bonds. The smallest absolute Gasteiger partial charge is 0.341 e. The fourth-order valence-corrected chi connectivity index (χ4v) is 6.04. The summed E-state index contributed by atoms with van der Waals surface area (Å²) in [5.74, 6) is -6.27. The molecular weight excluding hydrogens is 584 g/mol. The fraction of sp³-hybridized carbons (Fsp3) is 0.333. The van der Waals surface area contributed by atoms with Crippen molar-refractivity contribution in [3.63, 3.8) is 0 Å². The Balaban J connectivity index is 2.04. The van der Waals surface area contributed by atoms with Gasteiger partial charge in [-0.25, -0.2) is 9.59 Å². The van der Waals surface area contributed by atoms with Crippen LogP contribution in [0, 0.1) is 11.8 Å². The number of benzene rings is 1. The van der Waals surface area contributed by atoms with Crippen LogP contribution in [-0.2, 0) is 28.6 Å². The molecule has 3 rings (SSSR count). The molecule has 0 aromatic heterocycles. The van der Waals surface area contributed by atoms with Gasteiger partial charge in [-0.05, 0) is 50.9 Å². The van der Waals surface area contributed by atoms with E-state index >= 15 is 0 Å². The normalized spacial score (nSPS) is 28.3. The number of Topliss-reactive ketones (excluding diaryl/α,β-unsaturated/α-hetero) is 1. The molecule has 0 spiro atoms. The van der Waals surface area contributed by atoms with E-state index in [1.165, 1.54) is 0 Å². The first-order valence-corrected chi connectivity index (χ1v) is 10.5. The molecule has 154 valence electrons. The summed E-state index contributed by atoms with van der Waals surface area (Å²) >= 11 is 9.79. The maximum absolute atomic E-state index is 12.8. The molecule has 2 aliphatic rings. The second-order valence-corrected chi connectivity index (χ2v) is 9.21. The van der Waals surface area contributed by atoms with Gasteiger partial charge in [0.25, 0.3) is 0 Å². The summed E-state index contributed by atoms with van der Waals surface area (Å²) in [4.78, 5) is 50.1. The fourth-order valence-electron chi connectivity index (χ4n) is 3.46. The largest absolute Gasteiger partial charge is 0.466 e. The first-order chi connectivity index (χ1) is 13.5. The number of aliphatic hydroxyl groups is 1. The summed E-state index contributed by atoms with van der Waals surface area (Å²) < 4.78 is 16.3. The van der Waals surface area contributed by atoms with Gasteiger partial charge in [-0.1, -0.05) is 15.9 Å². The van der Waals surface area contributed by atoms with Crippen molar-refractivity contribution in [2.24, 2.45) is 11.8 Å². The van der Waals surface area contributed by atoms with E-state index in [2.05, 4.69) is 52.5 Å². The third-order valence-electron chi connectivity index (χ3n) is 4.83. The zero-order chi connectivity index (χ0) is 21.7. The highest BCUT2D eigenvalue weighted by atomic mass is 79.9. The molecule has 8 nitrogen and oxygen atoms in total. The molecule has 1 aliphatic heterocycles. The standard InChI is InChI=1S/C18H13Br3O8/c1-18(26)12-10(7(15(23)27-2)5-28-17(12)25)13(14(18)22)29-16(24)11-8(20)3-6(19)4-9(11)21/h3-5,10,12-13,26H,1-2H3/t10-,12-,13+,18-/m1/s1. The van der Waals surface area contributed by atoms with Crippen molar-refractivity contribution in [2.45, 2.75) is 18.6 Å². The van der Waals surface area contributed by atoms with Crippen LogP contribution >= 0.6 is 47.8 Å². The van der Waals surface area contributed by atoms with Gasteiger partial charge in [0.05, 0.1) is 24.2 Å². The van der Waals surface area contributed by atoms with Crippen molar-refractivity contribution in [1.82, 2.24) is 0 Å². The predicted molar refractivity (Wildman–Crippen MR) is 108 cm³/mol. The number of methoxy groups -OCH3 is 1. The summed E-state index contributed by atoms with van der Waals surface area (Å²) in [5.41, 5.74) is -2.30. The van der Waals surface area contributed by atoms with E-state index in [-0.39, 0.29) is 11.1 Å². The number of carbonyl (C=O) groups excluding carboxylic acids is 4. The predicted octanol–water partition coefficient (Wildman–Crippen LogP) is 2.68. The average molecular weight is 597 g/mol. The first kappa shape index (κ1) is 22.1. The lowest BCUT2D eigenvalue weighted by Gasteiger charge is -2.29. The molecule has 0 bridgehead atoms.